The van der Waals surface area contributed by atoms with Gasteiger partial charge in [0.1, 0.15) is 0 Å². The Hall–Kier alpha value is -1.88. The molecule has 0 saturated carbocycles. The van der Waals surface area contributed by atoms with E-state index in [1.807, 2.05) is 11.4 Å². The van der Waals surface area contributed by atoms with Gasteiger partial charge in [-0.1, -0.05) is 18.2 Å². The van der Waals surface area contributed by atoms with Gasteiger partial charge in [0.15, 0.2) is 5.13 Å². The molecular weight excluding hydrogens is 272 g/mol. The number of carboxylic acids is 1. The van der Waals surface area contributed by atoms with Crippen molar-refractivity contribution >= 4 is 28.1 Å². The van der Waals surface area contributed by atoms with Gasteiger partial charge >= 0.3 is 5.97 Å². The largest absolute Gasteiger partial charge is 0.481 e. The molecule has 0 fully saturated rings. The maximum absolute atomic E-state index is 10.8. The number of aliphatic carboxylic acids is 1. The molecule has 1 aliphatic heterocycles. The van der Waals surface area contributed by atoms with E-state index in [1.54, 1.807) is 0 Å². The molecule has 3 rings (SSSR count). The summed E-state index contributed by atoms with van der Waals surface area (Å²) in [6, 6.07) is 8.40. The minimum atomic E-state index is -0.835. The van der Waals surface area contributed by atoms with Crippen molar-refractivity contribution < 1.29 is 9.90 Å². The van der Waals surface area contributed by atoms with E-state index in [2.05, 4.69) is 28.1 Å². The molecule has 5 heteroatoms. The first-order valence-electron chi connectivity index (χ1n) is 6.75. The van der Waals surface area contributed by atoms with Crippen LogP contribution in [-0.4, -0.2) is 22.6 Å². The number of benzene rings is 1. The lowest BCUT2D eigenvalue weighted by molar-refractivity contribution is -0.136. The first-order chi connectivity index (χ1) is 9.74. The lowest BCUT2D eigenvalue weighted by atomic mass is 10.1. The van der Waals surface area contributed by atoms with Crippen LogP contribution in [0.3, 0.4) is 0 Å². The molecule has 104 valence electrons. The Morgan fingerprint density at radius 1 is 1.35 bits per heavy atom. The summed E-state index contributed by atoms with van der Waals surface area (Å²) in [6.45, 7) is 0.942. The fourth-order valence-corrected chi connectivity index (χ4v) is 3.41. The summed E-state index contributed by atoms with van der Waals surface area (Å²) < 4.78 is 0. The molecule has 20 heavy (non-hydrogen) atoms. The van der Waals surface area contributed by atoms with Crippen LogP contribution in [-0.2, 0) is 17.6 Å². The number of anilines is 2. The predicted octanol–water partition coefficient (Wildman–Crippen LogP) is 3.24. The Morgan fingerprint density at radius 3 is 3.05 bits per heavy atom. The molecule has 1 N–H and O–H groups in total. The van der Waals surface area contributed by atoms with E-state index >= 15 is 0 Å². The molecule has 0 atom stereocenters. The highest BCUT2D eigenvalue weighted by Crippen LogP contribution is 2.34. The number of carboxylic acid groups (broad SMARTS) is 1. The fraction of sp³-hybridized carbons (Fsp3) is 0.333. The summed E-state index contributed by atoms with van der Waals surface area (Å²) in [6.07, 6.45) is 3.40. The Kier molecular flexibility index (Phi) is 3.69. The molecule has 0 saturated heterocycles. The van der Waals surface area contributed by atoms with E-state index in [0.29, 0.717) is 5.69 Å². The summed E-state index contributed by atoms with van der Waals surface area (Å²) in [7, 11) is 0. The number of hydrogen-bond donors (Lipinski definition) is 1. The number of para-hydroxylation sites is 1. The number of aryl methyl sites for hydroxylation is 1. The highest BCUT2D eigenvalue weighted by atomic mass is 32.1. The van der Waals surface area contributed by atoms with Crippen molar-refractivity contribution in [3.05, 3.63) is 40.9 Å². The van der Waals surface area contributed by atoms with Crippen molar-refractivity contribution in [1.29, 1.82) is 0 Å². The molecular formula is C15H16N2O2S. The van der Waals surface area contributed by atoms with Crippen LogP contribution < -0.4 is 4.90 Å². The van der Waals surface area contributed by atoms with Crippen LogP contribution in [0.15, 0.2) is 29.6 Å². The lowest BCUT2D eigenvalue weighted by Crippen LogP contribution is -2.17. The molecule has 0 amide bonds. The SMILES string of the molecule is O=C(O)Cc1csc(N2CCCCc3ccccc32)n1. The first kappa shape index (κ1) is 13.1. The van der Waals surface area contributed by atoms with Crippen molar-refractivity contribution in [2.24, 2.45) is 0 Å². The maximum Gasteiger partial charge on any atom is 0.309 e. The number of thiazole rings is 1. The second kappa shape index (κ2) is 5.63. The van der Waals surface area contributed by atoms with E-state index in [4.69, 9.17) is 5.11 Å². The second-order valence-corrected chi connectivity index (χ2v) is 5.77. The van der Waals surface area contributed by atoms with Crippen LogP contribution in [0.25, 0.3) is 0 Å². The first-order valence-corrected chi connectivity index (χ1v) is 7.63. The number of fused-ring (bicyclic) bond motifs is 1. The number of rotatable bonds is 3. The molecule has 1 aromatic carbocycles. The third kappa shape index (κ3) is 2.67. The summed E-state index contributed by atoms with van der Waals surface area (Å²) >= 11 is 1.52. The highest BCUT2D eigenvalue weighted by Gasteiger charge is 2.19. The molecule has 0 spiro atoms. The molecule has 0 unspecified atom stereocenters. The molecule has 0 radical (unpaired) electrons. The Morgan fingerprint density at radius 2 is 2.20 bits per heavy atom. The Labute approximate surface area is 121 Å². The Balaban J connectivity index is 1.93. The molecule has 0 bridgehead atoms. The van der Waals surface area contributed by atoms with Crippen LogP contribution in [0, 0.1) is 0 Å². The van der Waals surface area contributed by atoms with E-state index in [9.17, 15) is 4.79 Å². The van der Waals surface area contributed by atoms with Gasteiger partial charge in [0.25, 0.3) is 0 Å². The second-order valence-electron chi connectivity index (χ2n) is 4.93. The van der Waals surface area contributed by atoms with Crippen LogP contribution in [0.2, 0.25) is 0 Å². The zero-order valence-corrected chi connectivity index (χ0v) is 11.9. The van der Waals surface area contributed by atoms with E-state index in [1.165, 1.54) is 29.0 Å². The van der Waals surface area contributed by atoms with Gasteiger partial charge in [-0.25, -0.2) is 4.98 Å². The van der Waals surface area contributed by atoms with Gasteiger partial charge < -0.3 is 10.0 Å². The summed E-state index contributed by atoms with van der Waals surface area (Å²) in [4.78, 5) is 17.5. The van der Waals surface area contributed by atoms with E-state index in [-0.39, 0.29) is 6.42 Å². The van der Waals surface area contributed by atoms with Crippen molar-refractivity contribution in [3.8, 4) is 0 Å². The van der Waals surface area contributed by atoms with E-state index < -0.39 is 5.97 Å². The molecule has 1 aromatic heterocycles. The topological polar surface area (TPSA) is 53.4 Å². The normalized spacial score (nSPS) is 14.7. The average Bonchev–Trinajstić information content (AvgIpc) is 2.76. The van der Waals surface area contributed by atoms with Gasteiger partial charge in [0.2, 0.25) is 0 Å². The molecule has 4 nitrogen and oxygen atoms in total. The van der Waals surface area contributed by atoms with Crippen molar-refractivity contribution in [1.82, 2.24) is 4.98 Å². The van der Waals surface area contributed by atoms with Gasteiger partial charge in [-0.05, 0) is 30.9 Å². The quantitative estimate of drug-likeness (QED) is 0.942. The van der Waals surface area contributed by atoms with Gasteiger partial charge in [-0.2, -0.15) is 0 Å². The van der Waals surface area contributed by atoms with Gasteiger partial charge in [-0.3, -0.25) is 4.79 Å². The number of aromatic nitrogens is 1. The zero-order valence-electron chi connectivity index (χ0n) is 11.1. The van der Waals surface area contributed by atoms with E-state index in [0.717, 1.165) is 24.5 Å². The molecule has 2 heterocycles. The van der Waals surface area contributed by atoms with Gasteiger partial charge in [-0.15, -0.1) is 11.3 Å². The van der Waals surface area contributed by atoms with Gasteiger partial charge in [0.05, 0.1) is 12.1 Å². The van der Waals surface area contributed by atoms with Crippen molar-refractivity contribution in [2.45, 2.75) is 25.7 Å². The predicted molar refractivity (Wildman–Crippen MR) is 79.8 cm³/mol. The average molecular weight is 288 g/mol. The third-order valence-electron chi connectivity index (χ3n) is 3.46. The summed E-state index contributed by atoms with van der Waals surface area (Å²) in [5, 5.41) is 11.6. The third-order valence-corrected chi connectivity index (χ3v) is 4.38. The van der Waals surface area contributed by atoms with Crippen LogP contribution >= 0.6 is 11.3 Å². The van der Waals surface area contributed by atoms with Crippen molar-refractivity contribution in [2.75, 3.05) is 11.4 Å². The number of carbonyl (C=O) groups is 1. The van der Waals surface area contributed by atoms with Crippen molar-refractivity contribution in [3.63, 3.8) is 0 Å². The standard InChI is InChI=1S/C15H16N2O2S/c18-14(19)9-12-10-20-15(16-12)17-8-4-3-6-11-5-1-2-7-13(11)17/h1-2,5,7,10H,3-4,6,8-9H2,(H,18,19). The van der Waals surface area contributed by atoms with Crippen LogP contribution in [0.4, 0.5) is 10.8 Å². The Bertz CT molecular complexity index is 624. The van der Waals surface area contributed by atoms with Gasteiger partial charge in [0, 0.05) is 17.6 Å². The maximum atomic E-state index is 10.8. The highest BCUT2D eigenvalue weighted by molar-refractivity contribution is 7.13. The molecule has 0 aliphatic carbocycles. The smallest absolute Gasteiger partial charge is 0.309 e. The minimum absolute atomic E-state index is 0.00795. The summed E-state index contributed by atoms with van der Waals surface area (Å²) in [5.74, 6) is -0.835. The zero-order chi connectivity index (χ0) is 13.9. The lowest BCUT2D eigenvalue weighted by Gasteiger charge is -2.21. The number of nitrogens with zero attached hydrogens (tertiary/aromatic N) is 2. The summed E-state index contributed by atoms with van der Waals surface area (Å²) in [5.41, 5.74) is 3.19. The monoisotopic (exact) mass is 288 g/mol. The van der Waals surface area contributed by atoms with Crippen LogP contribution in [0.5, 0.6) is 0 Å². The van der Waals surface area contributed by atoms with Crippen LogP contribution in [0.1, 0.15) is 24.1 Å². The molecule has 2 aromatic rings. The fourth-order valence-electron chi connectivity index (χ4n) is 2.55. The minimum Gasteiger partial charge on any atom is -0.481 e. The molecule has 1 aliphatic rings. The number of hydrogen-bond acceptors (Lipinski definition) is 4.